The molecule has 0 spiro atoms. The first-order valence-electron chi connectivity index (χ1n) is 10.0. The lowest BCUT2D eigenvalue weighted by molar-refractivity contribution is -0.127. The van der Waals surface area contributed by atoms with Crippen molar-refractivity contribution in [3.05, 3.63) is 60.3 Å². The number of hydrogen-bond acceptors (Lipinski definition) is 7. The molecule has 9 heteroatoms. The molecule has 0 N–H and O–H groups in total. The Morgan fingerprint density at radius 3 is 2.44 bits per heavy atom. The van der Waals surface area contributed by atoms with E-state index in [1.165, 1.54) is 11.8 Å². The predicted octanol–water partition coefficient (Wildman–Crippen LogP) is 4.12. The Morgan fingerprint density at radius 1 is 1.12 bits per heavy atom. The van der Waals surface area contributed by atoms with Gasteiger partial charge in [0.05, 0.1) is 20.0 Å². The first-order valence-corrected chi connectivity index (χ1v) is 11.4. The minimum atomic E-state index is -0.0189. The SMILES string of the molecule is C=CCN(CC=C)c1cc(Cl)nc(SCC(=O)N(C)CCc2ccc(OC)c(OC)c2)n1. The fraction of sp³-hybridized carbons (Fsp3) is 0.348. The summed E-state index contributed by atoms with van der Waals surface area (Å²) in [4.78, 5) is 25.0. The summed E-state index contributed by atoms with van der Waals surface area (Å²) in [5.74, 6) is 2.21. The van der Waals surface area contributed by atoms with Gasteiger partial charge >= 0.3 is 0 Å². The molecule has 1 aromatic heterocycles. The van der Waals surface area contributed by atoms with Crippen LogP contribution in [0.25, 0.3) is 0 Å². The molecule has 1 amide bonds. The van der Waals surface area contributed by atoms with Crippen molar-refractivity contribution in [1.82, 2.24) is 14.9 Å². The summed E-state index contributed by atoms with van der Waals surface area (Å²) in [6.45, 7) is 9.31. The zero-order valence-corrected chi connectivity index (χ0v) is 20.3. The third kappa shape index (κ3) is 7.46. The van der Waals surface area contributed by atoms with E-state index in [1.807, 2.05) is 23.1 Å². The van der Waals surface area contributed by atoms with Gasteiger partial charge in [-0.3, -0.25) is 4.79 Å². The van der Waals surface area contributed by atoms with E-state index < -0.39 is 0 Å². The molecule has 0 aliphatic heterocycles. The summed E-state index contributed by atoms with van der Waals surface area (Å²) >= 11 is 7.44. The molecule has 0 atom stereocenters. The summed E-state index contributed by atoms with van der Waals surface area (Å²) in [5, 5.41) is 0.775. The number of likely N-dealkylation sites (N-methyl/N-ethyl adjacent to an activating group) is 1. The second-order valence-electron chi connectivity index (χ2n) is 6.86. The van der Waals surface area contributed by atoms with Gasteiger partial charge in [-0.25, -0.2) is 9.97 Å². The molecule has 0 bridgehead atoms. The summed E-state index contributed by atoms with van der Waals surface area (Å²) in [5.41, 5.74) is 1.06. The lowest BCUT2D eigenvalue weighted by Gasteiger charge is -2.21. The van der Waals surface area contributed by atoms with Gasteiger partial charge in [0.2, 0.25) is 5.91 Å². The van der Waals surface area contributed by atoms with Crippen molar-refractivity contribution in [2.75, 3.05) is 51.6 Å². The molecule has 0 fully saturated rings. The second kappa shape index (κ2) is 13.0. The van der Waals surface area contributed by atoms with E-state index in [1.54, 1.807) is 44.4 Å². The van der Waals surface area contributed by atoms with Gasteiger partial charge in [0.1, 0.15) is 11.0 Å². The Morgan fingerprint density at radius 2 is 1.81 bits per heavy atom. The van der Waals surface area contributed by atoms with Crippen molar-refractivity contribution < 1.29 is 14.3 Å². The van der Waals surface area contributed by atoms with Gasteiger partial charge in [-0.2, -0.15) is 0 Å². The highest BCUT2D eigenvalue weighted by Crippen LogP contribution is 2.28. The van der Waals surface area contributed by atoms with E-state index in [0.717, 1.165) is 5.56 Å². The van der Waals surface area contributed by atoms with Crippen LogP contribution in [0.5, 0.6) is 11.5 Å². The third-order valence-corrected chi connectivity index (χ3v) is 5.64. The summed E-state index contributed by atoms with van der Waals surface area (Å²) in [6.07, 6.45) is 4.26. The van der Waals surface area contributed by atoms with Gasteiger partial charge in [-0.05, 0) is 24.1 Å². The Balaban J connectivity index is 1.95. The fourth-order valence-corrected chi connectivity index (χ4v) is 3.90. The number of aromatic nitrogens is 2. The standard InChI is InChI=1S/C23H29ClN4O3S/c1-6-11-28(12-7-2)21-15-20(24)25-23(26-21)32-16-22(29)27(3)13-10-17-8-9-18(30-4)19(14-17)31-5/h6-9,14-15H,1-2,10-13,16H2,3-5H3. The Bertz CT molecular complexity index is 931. The highest BCUT2D eigenvalue weighted by molar-refractivity contribution is 7.99. The predicted molar refractivity (Wildman–Crippen MR) is 131 cm³/mol. The molecule has 32 heavy (non-hydrogen) atoms. The van der Waals surface area contributed by atoms with Crippen LogP contribution in [0.15, 0.2) is 54.7 Å². The fourth-order valence-electron chi connectivity index (χ4n) is 2.88. The number of rotatable bonds is 13. The highest BCUT2D eigenvalue weighted by atomic mass is 35.5. The summed E-state index contributed by atoms with van der Waals surface area (Å²) < 4.78 is 10.6. The van der Waals surface area contributed by atoms with Crippen molar-refractivity contribution in [2.24, 2.45) is 0 Å². The quantitative estimate of drug-likeness (QED) is 0.186. The summed E-state index contributed by atoms with van der Waals surface area (Å²) in [7, 11) is 4.99. The van der Waals surface area contributed by atoms with Crippen LogP contribution in [0.3, 0.4) is 0 Å². The molecule has 1 heterocycles. The monoisotopic (exact) mass is 476 g/mol. The first-order chi connectivity index (χ1) is 15.4. The second-order valence-corrected chi connectivity index (χ2v) is 8.19. The van der Waals surface area contributed by atoms with E-state index in [-0.39, 0.29) is 11.7 Å². The van der Waals surface area contributed by atoms with Crippen LogP contribution >= 0.6 is 23.4 Å². The average molecular weight is 477 g/mol. The maximum Gasteiger partial charge on any atom is 0.232 e. The Kier molecular flexibility index (Phi) is 10.4. The van der Waals surface area contributed by atoms with Crippen LogP contribution in [0.2, 0.25) is 5.15 Å². The Hall–Kier alpha value is -2.71. The van der Waals surface area contributed by atoms with Gasteiger partial charge < -0.3 is 19.3 Å². The van der Waals surface area contributed by atoms with E-state index >= 15 is 0 Å². The molecular formula is C23H29ClN4O3S. The molecule has 0 unspecified atom stereocenters. The number of carbonyl (C=O) groups excluding carboxylic acids is 1. The first kappa shape index (κ1) is 25.5. The van der Waals surface area contributed by atoms with Gasteiger partial charge in [0.25, 0.3) is 0 Å². The number of amides is 1. The third-order valence-electron chi connectivity index (χ3n) is 4.62. The van der Waals surface area contributed by atoms with Crippen LogP contribution < -0.4 is 14.4 Å². The average Bonchev–Trinajstić information content (AvgIpc) is 2.80. The van der Waals surface area contributed by atoms with Crippen molar-refractivity contribution in [3.63, 3.8) is 0 Å². The van der Waals surface area contributed by atoms with Crippen LogP contribution in [0.1, 0.15) is 5.56 Å². The van der Waals surface area contributed by atoms with Gasteiger partial charge in [0.15, 0.2) is 16.7 Å². The number of halogens is 1. The zero-order valence-electron chi connectivity index (χ0n) is 18.7. The minimum absolute atomic E-state index is 0.0189. The van der Waals surface area contributed by atoms with Gasteiger partial charge in [-0.1, -0.05) is 41.6 Å². The lowest BCUT2D eigenvalue weighted by Crippen LogP contribution is -2.30. The van der Waals surface area contributed by atoms with Crippen LogP contribution in [-0.4, -0.2) is 67.4 Å². The molecular weight excluding hydrogens is 448 g/mol. The maximum absolute atomic E-state index is 12.6. The number of thioether (sulfide) groups is 1. The number of nitrogens with zero attached hydrogens (tertiary/aromatic N) is 4. The molecule has 0 aliphatic rings. The number of benzene rings is 1. The van der Waals surface area contributed by atoms with Crippen LogP contribution in [-0.2, 0) is 11.2 Å². The normalized spacial score (nSPS) is 10.4. The smallest absolute Gasteiger partial charge is 0.232 e. The highest BCUT2D eigenvalue weighted by Gasteiger charge is 2.14. The van der Waals surface area contributed by atoms with E-state index in [4.69, 9.17) is 21.1 Å². The molecule has 0 saturated carbocycles. The number of carbonyl (C=O) groups is 1. The number of ether oxygens (including phenoxy) is 2. The molecule has 2 aromatic rings. The minimum Gasteiger partial charge on any atom is -0.493 e. The van der Waals surface area contributed by atoms with Crippen molar-refractivity contribution in [3.8, 4) is 11.5 Å². The van der Waals surface area contributed by atoms with Crippen molar-refractivity contribution in [1.29, 1.82) is 0 Å². The molecule has 172 valence electrons. The van der Waals surface area contributed by atoms with E-state index in [0.29, 0.717) is 53.7 Å². The molecule has 7 nitrogen and oxygen atoms in total. The molecule has 0 saturated heterocycles. The van der Waals surface area contributed by atoms with E-state index in [9.17, 15) is 4.79 Å². The van der Waals surface area contributed by atoms with Crippen LogP contribution in [0, 0.1) is 0 Å². The Labute approximate surface area is 199 Å². The lowest BCUT2D eigenvalue weighted by atomic mass is 10.1. The maximum atomic E-state index is 12.6. The number of hydrogen-bond donors (Lipinski definition) is 0. The van der Waals surface area contributed by atoms with Gasteiger partial charge in [-0.15, -0.1) is 13.2 Å². The summed E-state index contributed by atoms with van der Waals surface area (Å²) in [6, 6.07) is 7.44. The molecule has 2 rings (SSSR count). The zero-order chi connectivity index (χ0) is 23.5. The van der Waals surface area contributed by atoms with Crippen molar-refractivity contribution >= 4 is 35.1 Å². The number of anilines is 1. The van der Waals surface area contributed by atoms with Gasteiger partial charge in [0, 0.05) is 32.7 Å². The molecule has 1 aromatic carbocycles. The van der Waals surface area contributed by atoms with Crippen molar-refractivity contribution in [2.45, 2.75) is 11.6 Å². The largest absolute Gasteiger partial charge is 0.493 e. The number of methoxy groups -OCH3 is 2. The molecule has 0 radical (unpaired) electrons. The van der Waals surface area contributed by atoms with Crippen LogP contribution in [0.4, 0.5) is 5.82 Å². The topological polar surface area (TPSA) is 67.8 Å². The molecule has 0 aliphatic carbocycles. The van der Waals surface area contributed by atoms with E-state index in [2.05, 4.69) is 23.1 Å².